The molecule has 0 bridgehead atoms. The molecule has 2 aromatic carbocycles. The van der Waals surface area contributed by atoms with E-state index in [-0.39, 0.29) is 18.0 Å². The lowest BCUT2D eigenvalue weighted by Crippen LogP contribution is -2.40. The second-order valence-corrected chi connectivity index (χ2v) is 8.06. The molecule has 0 saturated carbocycles. The number of carbonyl (C=O) groups excluding carboxylic acids is 1. The number of hydrogen-bond acceptors (Lipinski definition) is 5. The van der Waals surface area contributed by atoms with Gasteiger partial charge in [-0.3, -0.25) is 14.2 Å². The summed E-state index contributed by atoms with van der Waals surface area (Å²) in [5, 5.41) is 4.53. The zero-order valence-corrected chi connectivity index (χ0v) is 18.2. The third-order valence-corrected chi connectivity index (χ3v) is 6.14. The molecule has 0 saturated heterocycles. The summed E-state index contributed by atoms with van der Waals surface area (Å²) >= 11 is 1.25. The van der Waals surface area contributed by atoms with Gasteiger partial charge in [-0.1, -0.05) is 12.1 Å². The number of methoxy groups -OCH3 is 1. The van der Waals surface area contributed by atoms with Crippen molar-refractivity contribution in [3.63, 3.8) is 0 Å². The predicted molar refractivity (Wildman–Crippen MR) is 123 cm³/mol. The summed E-state index contributed by atoms with van der Waals surface area (Å²) in [6, 6.07) is 14.1. The molecule has 1 N–H and O–H groups in total. The third-order valence-electron chi connectivity index (χ3n) is 5.25. The van der Waals surface area contributed by atoms with E-state index >= 15 is 0 Å². The normalized spacial score (nSPS) is 10.9. The van der Waals surface area contributed by atoms with Crippen LogP contribution in [0.2, 0.25) is 0 Å². The molecule has 2 aromatic heterocycles. The van der Waals surface area contributed by atoms with Crippen LogP contribution >= 0.6 is 11.3 Å². The molecule has 4 rings (SSSR count). The van der Waals surface area contributed by atoms with Gasteiger partial charge in [-0.05, 0) is 66.8 Å². The summed E-state index contributed by atoms with van der Waals surface area (Å²) in [5.74, 6) is 0.306. The minimum Gasteiger partial charge on any atom is -0.497 e. The number of aryl methyl sites for hydroxylation is 1. The fourth-order valence-electron chi connectivity index (χ4n) is 3.45. The SMILES string of the molecule is COc1ccc(NC(=O)Cn2c(=O)n(-c3cccc(C)c3C)c(=O)c3sccc32)cc1. The molecular weight excluding hydrogens is 414 g/mol. The van der Waals surface area contributed by atoms with E-state index in [9.17, 15) is 14.4 Å². The Morgan fingerprint density at radius 3 is 2.52 bits per heavy atom. The van der Waals surface area contributed by atoms with Gasteiger partial charge in [0.25, 0.3) is 5.56 Å². The van der Waals surface area contributed by atoms with E-state index in [4.69, 9.17) is 4.74 Å². The molecule has 0 atom stereocenters. The summed E-state index contributed by atoms with van der Waals surface area (Å²) in [6.45, 7) is 3.58. The summed E-state index contributed by atoms with van der Waals surface area (Å²) in [6.07, 6.45) is 0. The maximum absolute atomic E-state index is 13.4. The van der Waals surface area contributed by atoms with Crippen molar-refractivity contribution in [3.8, 4) is 11.4 Å². The fourth-order valence-corrected chi connectivity index (χ4v) is 4.27. The molecule has 0 aliphatic carbocycles. The number of rotatable bonds is 5. The van der Waals surface area contributed by atoms with Crippen molar-refractivity contribution in [1.82, 2.24) is 9.13 Å². The average molecular weight is 436 g/mol. The molecule has 158 valence electrons. The summed E-state index contributed by atoms with van der Waals surface area (Å²) in [4.78, 5) is 39.2. The minimum absolute atomic E-state index is 0.219. The van der Waals surface area contributed by atoms with Crippen molar-refractivity contribution >= 4 is 33.1 Å². The Bertz CT molecular complexity index is 1400. The van der Waals surface area contributed by atoms with Crippen LogP contribution < -0.4 is 21.3 Å². The quantitative estimate of drug-likeness (QED) is 0.520. The van der Waals surface area contributed by atoms with Crippen LogP contribution in [0, 0.1) is 13.8 Å². The van der Waals surface area contributed by atoms with Crippen LogP contribution in [0.1, 0.15) is 11.1 Å². The number of thiophene rings is 1. The lowest BCUT2D eigenvalue weighted by atomic mass is 10.1. The van der Waals surface area contributed by atoms with Gasteiger partial charge in [0.15, 0.2) is 0 Å². The highest BCUT2D eigenvalue weighted by Gasteiger charge is 2.19. The van der Waals surface area contributed by atoms with Crippen LogP contribution in [0.3, 0.4) is 0 Å². The second-order valence-electron chi connectivity index (χ2n) is 7.14. The van der Waals surface area contributed by atoms with E-state index in [2.05, 4.69) is 5.32 Å². The van der Waals surface area contributed by atoms with Gasteiger partial charge in [0.05, 0.1) is 18.3 Å². The molecule has 4 aromatic rings. The van der Waals surface area contributed by atoms with Gasteiger partial charge >= 0.3 is 5.69 Å². The number of nitrogens with zero attached hydrogens (tertiary/aromatic N) is 2. The molecule has 2 heterocycles. The van der Waals surface area contributed by atoms with Crippen molar-refractivity contribution in [2.75, 3.05) is 12.4 Å². The van der Waals surface area contributed by atoms with Gasteiger partial charge in [-0.15, -0.1) is 11.3 Å². The molecular formula is C23H21N3O4S. The Labute approximate surface area is 182 Å². The first-order valence-corrected chi connectivity index (χ1v) is 10.5. The minimum atomic E-state index is -0.547. The molecule has 0 radical (unpaired) electrons. The Morgan fingerprint density at radius 1 is 1.06 bits per heavy atom. The van der Waals surface area contributed by atoms with Gasteiger partial charge in [-0.2, -0.15) is 0 Å². The third kappa shape index (κ3) is 3.77. The molecule has 1 amide bonds. The van der Waals surface area contributed by atoms with Crippen LogP contribution in [-0.2, 0) is 11.3 Å². The van der Waals surface area contributed by atoms with E-state index in [1.54, 1.807) is 48.9 Å². The monoisotopic (exact) mass is 435 g/mol. The van der Waals surface area contributed by atoms with Gasteiger partial charge in [0.2, 0.25) is 5.91 Å². The highest BCUT2D eigenvalue weighted by atomic mass is 32.1. The number of carbonyl (C=O) groups is 1. The van der Waals surface area contributed by atoms with Crippen LogP contribution in [0.25, 0.3) is 15.9 Å². The van der Waals surface area contributed by atoms with Crippen molar-refractivity contribution < 1.29 is 9.53 Å². The number of anilines is 1. The Balaban J connectivity index is 1.78. The maximum atomic E-state index is 13.4. The first-order chi connectivity index (χ1) is 14.9. The summed E-state index contributed by atoms with van der Waals surface area (Å²) in [7, 11) is 1.57. The van der Waals surface area contributed by atoms with Gasteiger partial charge in [0.1, 0.15) is 17.0 Å². The van der Waals surface area contributed by atoms with Crippen LogP contribution in [0.5, 0.6) is 5.75 Å². The molecule has 0 spiro atoms. The smallest absolute Gasteiger partial charge is 0.336 e. The lowest BCUT2D eigenvalue weighted by molar-refractivity contribution is -0.116. The highest BCUT2D eigenvalue weighted by molar-refractivity contribution is 7.17. The zero-order valence-electron chi connectivity index (χ0n) is 17.3. The lowest BCUT2D eigenvalue weighted by Gasteiger charge is -2.15. The van der Waals surface area contributed by atoms with E-state index < -0.39 is 5.69 Å². The first-order valence-electron chi connectivity index (χ1n) is 9.64. The van der Waals surface area contributed by atoms with Crippen LogP contribution in [0.4, 0.5) is 5.69 Å². The molecule has 8 heteroatoms. The molecule has 7 nitrogen and oxygen atoms in total. The van der Waals surface area contributed by atoms with E-state index in [0.717, 1.165) is 15.7 Å². The van der Waals surface area contributed by atoms with Crippen LogP contribution in [0.15, 0.2) is 63.5 Å². The largest absolute Gasteiger partial charge is 0.497 e. The standard InChI is InChI=1S/C23H21N3O4S/c1-14-5-4-6-18(15(14)2)26-22(28)21-19(11-12-31-21)25(23(26)29)13-20(27)24-16-7-9-17(30-3)10-8-16/h4-12H,13H2,1-3H3,(H,24,27). The van der Waals surface area contributed by atoms with Gasteiger partial charge in [0, 0.05) is 5.69 Å². The zero-order chi connectivity index (χ0) is 22.1. The van der Waals surface area contributed by atoms with Crippen molar-refractivity contribution in [1.29, 1.82) is 0 Å². The maximum Gasteiger partial charge on any atom is 0.336 e. The number of ether oxygens (including phenoxy) is 1. The van der Waals surface area contributed by atoms with Crippen molar-refractivity contribution in [2.45, 2.75) is 20.4 Å². The van der Waals surface area contributed by atoms with Gasteiger partial charge < -0.3 is 10.1 Å². The molecule has 31 heavy (non-hydrogen) atoms. The number of hydrogen-bond donors (Lipinski definition) is 1. The number of aromatic nitrogens is 2. The van der Waals surface area contributed by atoms with E-state index in [0.29, 0.717) is 27.3 Å². The number of nitrogens with one attached hydrogen (secondary N) is 1. The Morgan fingerprint density at radius 2 is 1.81 bits per heavy atom. The number of amides is 1. The van der Waals surface area contributed by atoms with Crippen molar-refractivity contribution in [3.05, 3.63) is 85.9 Å². The number of benzene rings is 2. The number of fused-ring (bicyclic) bond motifs is 1. The van der Waals surface area contributed by atoms with Gasteiger partial charge in [-0.25, -0.2) is 9.36 Å². The Kier molecular flexibility index (Phi) is 5.48. The van der Waals surface area contributed by atoms with E-state index in [1.165, 1.54) is 15.9 Å². The summed E-state index contributed by atoms with van der Waals surface area (Å²) in [5.41, 5.74) is 2.44. The van der Waals surface area contributed by atoms with Crippen molar-refractivity contribution in [2.24, 2.45) is 0 Å². The topological polar surface area (TPSA) is 82.3 Å². The van der Waals surface area contributed by atoms with E-state index in [1.807, 2.05) is 26.0 Å². The highest BCUT2D eigenvalue weighted by Crippen LogP contribution is 2.20. The summed E-state index contributed by atoms with van der Waals surface area (Å²) < 4.78 is 8.04. The molecule has 0 aliphatic rings. The molecule has 0 fully saturated rings. The Hall–Kier alpha value is -3.65. The average Bonchev–Trinajstić information content (AvgIpc) is 3.25. The molecule has 0 unspecified atom stereocenters. The molecule has 0 aliphatic heterocycles. The predicted octanol–water partition coefficient (Wildman–Crippen LogP) is 3.48. The first kappa shape index (κ1) is 20.6. The fraction of sp³-hybridized carbons (Fsp3) is 0.174. The second kappa shape index (κ2) is 8.23. The van der Waals surface area contributed by atoms with Crippen LogP contribution in [-0.4, -0.2) is 22.2 Å².